The van der Waals surface area contributed by atoms with Gasteiger partial charge in [0.1, 0.15) is 5.58 Å². The second-order valence-electron chi connectivity index (χ2n) is 7.06. The van der Waals surface area contributed by atoms with Crippen LogP contribution in [0.3, 0.4) is 0 Å². The van der Waals surface area contributed by atoms with Crippen molar-refractivity contribution in [3.05, 3.63) is 65.4 Å². The lowest BCUT2D eigenvalue weighted by atomic mass is 10.1. The molecule has 1 aliphatic heterocycles. The van der Waals surface area contributed by atoms with Crippen molar-refractivity contribution in [1.29, 1.82) is 0 Å². The predicted molar refractivity (Wildman–Crippen MR) is 115 cm³/mol. The highest BCUT2D eigenvalue weighted by Gasteiger charge is 2.30. The van der Waals surface area contributed by atoms with Crippen LogP contribution in [0.1, 0.15) is 35.5 Å². The summed E-state index contributed by atoms with van der Waals surface area (Å²) in [6, 6.07) is 15.8. The minimum Gasteiger partial charge on any atom is -0.460 e. The van der Waals surface area contributed by atoms with Crippen molar-refractivity contribution in [3.8, 4) is 0 Å². The molecule has 0 aliphatic carbocycles. The van der Waals surface area contributed by atoms with E-state index in [1.54, 1.807) is 6.92 Å². The van der Waals surface area contributed by atoms with E-state index in [0.29, 0.717) is 17.1 Å². The minimum absolute atomic E-state index is 0.0814. The van der Waals surface area contributed by atoms with Crippen molar-refractivity contribution in [2.75, 3.05) is 17.3 Å². The van der Waals surface area contributed by atoms with E-state index < -0.39 is 5.97 Å². The van der Waals surface area contributed by atoms with Crippen LogP contribution in [-0.2, 0) is 21.7 Å². The lowest BCUT2D eigenvalue weighted by molar-refractivity contribution is -0.116. The average molecular weight is 410 g/mol. The summed E-state index contributed by atoms with van der Waals surface area (Å²) in [6.45, 7) is 4.13. The Balaban J connectivity index is 1.50. The van der Waals surface area contributed by atoms with Gasteiger partial charge in [-0.05, 0) is 38.0 Å². The number of fused-ring (bicyclic) bond motifs is 2. The van der Waals surface area contributed by atoms with E-state index in [2.05, 4.69) is 13.0 Å². The van der Waals surface area contributed by atoms with Crippen molar-refractivity contribution < 1.29 is 18.7 Å². The van der Waals surface area contributed by atoms with Crippen LogP contribution >= 0.6 is 11.8 Å². The summed E-state index contributed by atoms with van der Waals surface area (Å²) in [7, 11) is 0. The Morgan fingerprint density at radius 2 is 1.93 bits per heavy atom. The van der Waals surface area contributed by atoms with Crippen LogP contribution in [0.15, 0.2) is 52.9 Å². The molecule has 1 amide bonds. The fraction of sp³-hybridized carbons (Fsp3) is 0.304. The van der Waals surface area contributed by atoms with Gasteiger partial charge in [-0.1, -0.05) is 36.4 Å². The number of hydrogen-bond acceptors (Lipinski definition) is 5. The van der Waals surface area contributed by atoms with Gasteiger partial charge in [0.25, 0.3) is 0 Å². The molecule has 4 rings (SSSR count). The lowest BCUT2D eigenvalue weighted by Crippen LogP contribution is -2.37. The molecule has 1 aliphatic rings. The number of carbonyl (C=O) groups excluding carboxylic acids is 2. The van der Waals surface area contributed by atoms with Crippen LogP contribution < -0.4 is 4.90 Å². The zero-order valence-corrected chi connectivity index (χ0v) is 17.3. The van der Waals surface area contributed by atoms with Crippen LogP contribution in [0.25, 0.3) is 11.0 Å². The molecule has 5 nitrogen and oxygen atoms in total. The summed E-state index contributed by atoms with van der Waals surface area (Å²) in [4.78, 5) is 27.1. The van der Waals surface area contributed by atoms with E-state index in [4.69, 9.17) is 9.15 Å². The Kier molecular flexibility index (Phi) is 5.62. The number of carbonyl (C=O) groups is 2. The molecule has 3 aromatic rings. The Labute approximate surface area is 174 Å². The third kappa shape index (κ3) is 3.77. The number of amides is 1. The Bertz CT molecular complexity index is 1060. The number of furan rings is 1. The number of nitrogens with zero attached hydrogens (tertiary/aromatic N) is 1. The quantitative estimate of drug-likeness (QED) is 0.546. The van der Waals surface area contributed by atoms with Gasteiger partial charge in [0.05, 0.1) is 12.4 Å². The fourth-order valence-corrected chi connectivity index (χ4v) is 4.77. The van der Waals surface area contributed by atoms with E-state index in [-0.39, 0.29) is 24.3 Å². The number of para-hydroxylation sites is 2. The van der Waals surface area contributed by atoms with E-state index >= 15 is 0 Å². The van der Waals surface area contributed by atoms with Gasteiger partial charge in [-0.25, -0.2) is 4.79 Å². The molecule has 6 heteroatoms. The molecule has 0 saturated carbocycles. The highest BCUT2D eigenvalue weighted by Crippen LogP contribution is 2.33. The molecule has 0 N–H and O–H groups in total. The molecule has 0 radical (unpaired) electrons. The molecule has 2 heterocycles. The molecule has 29 heavy (non-hydrogen) atoms. The van der Waals surface area contributed by atoms with Crippen LogP contribution in [-0.4, -0.2) is 30.3 Å². The first kappa shape index (κ1) is 19.6. The first-order chi connectivity index (χ1) is 14.1. The summed E-state index contributed by atoms with van der Waals surface area (Å²) in [5.41, 5.74) is 3.65. The Morgan fingerprint density at radius 1 is 1.17 bits per heavy atom. The summed E-state index contributed by atoms with van der Waals surface area (Å²) in [5, 5.41) is 0.885. The molecular formula is C23H23NO4S. The van der Waals surface area contributed by atoms with Crippen molar-refractivity contribution in [1.82, 2.24) is 0 Å². The zero-order chi connectivity index (χ0) is 20.4. The molecule has 150 valence electrons. The maximum Gasteiger partial charge on any atom is 0.374 e. The standard InChI is InChI=1S/C23H23NO4S/c1-3-27-23(26)22-18(17-9-5-7-11-20(17)28-22)13-29-14-21(25)24-15(2)12-16-8-4-6-10-19(16)24/h4-11,15H,3,12-14H2,1-2H3. The first-order valence-electron chi connectivity index (χ1n) is 9.75. The topological polar surface area (TPSA) is 59.8 Å². The van der Waals surface area contributed by atoms with Crippen LogP contribution in [0.2, 0.25) is 0 Å². The molecule has 0 bridgehead atoms. The first-order valence-corrected chi connectivity index (χ1v) is 10.9. The number of benzene rings is 2. The number of rotatable bonds is 6. The number of anilines is 1. The third-order valence-corrected chi connectivity index (χ3v) is 6.05. The largest absolute Gasteiger partial charge is 0.460 e. The van der Waals surface area contributed by atoms with Gasteiger partial charge >= 0.3 is 5.97 Å². The Morgan fingerprint density at radius 3 is 2.76 bits per heavy atom. The Hall–Kier alpha value is -2.73. The lowest BCUT2D eigenvalue weighted by Gasteiger charge is -2.22. The van der Waals surface area contributed by atoms with Gasteiger partial charge in [-0.3, -0.25) is 4.79 Å². The summed E-state index contributed by atoms with van der Waals surface area (Å²) < 4.78 is 10.9. The second kappa shape index (κ2) is 8.33. The molecule has 0 fully saturated rings. The van der Waals surface area contributed by atoms with Gasteiger partial charge in [-0.2, -0.15) is 0 Å². The van der Waals surface area contributed by atoms with Crippen LogP contribution in [0.5, 0.6) is 0 Å². The van der Waals surface area contributed by atoms with Crippen molar-refractivity contribution >= 4 is 40.3 Å². The van der Waals surface area contributed by atoms with E-state index in [9.17, 15) is 9.59 Å². The second-order valence-corrected chi connectivity index (χ2v) is 8.05. The normalized spacial score (nSPS) is 15.5. The summed E-state index contributed by atoms with van der Waals surface area (Å²) in [5.74, 6) is 0.680. The van der Waals surface area contributed by atoms with Gasteiger partial charge in [0.2, 0.25) is 11.7 Å². The van der Waals surface area contributed by atoms with Crippen LogP contribution in [0, 0.1) is 0 Å². The van der Waals surface area contributed by atoms with E-state index in [1.807, 2.05) is 47.4 Å². The number of ether oxygens (including phenoxy) is 1. The van der Waals surface area contributed by atoms with Crippen LogP contribution in [0.4, 0.5) is 5.69 Å². The summed E-state index contributed by atoms with van der Waals surface area (Å²) >= 11 is 1.49. The van der Waals surface area contributed by atoms with Gasteiger partial charge in [0.15, 0.2) is 0 Å². The van der Waals surface area contributed by atoms with Crippen molar-refractivity contribution in [3.63, 3.8) is 0 Å². The maximum atomic E-state index is 12.9. The third-order valence-electron chi connectivity index (χ3n) is 5.11. The van der Waals surface area contributed by atoms with Crippen molar-refractivity contribution in [2.45, 2.75) is 32.1 Å². The molecule has 0 spiro atoms. The molecule has 0 saturated heterocycles. The van der Waals surface area contributed by atoms with Gasteiger partial charge in [0, 0.05) is 28.4 Å². The zero-order valence-electron chi connectivity index (χ0n) is 16.5. The predicted octanol–water partition coefficient (Wildman–Crippen LogP) is 4.82. The van der Waals surface area contributed by atoms with Gasteiger partial charge in [-0.15, -0.1) is 11.8 Å². The molecule has 1 aromatic heterocycles. The SMILES string of the molecule is CCOC(=O)c1oc2ccccc2c1CSCC(=O)N1c2ccccc2CC1C. The number of hydrogen-bond donors (Lipinski definition) is 0. The number of esters is 1. The summed E-state index contributed by atoms with van der Waals surface area (Å²) in [6.07, 6.45) is 0.881. The molecular weight excluding hydrogens is 386 g/mol. The minimum atomic E-state index is -0.465. The smallest absolute Gasteiger partial charge is 0.374 e. The van der Waals surface area contributed by atoms with Crippen molar-refractivity contribution in [2.24, 2.45) is 0 Å². The van der Waals surface area contributed by atoms with E-state index in [1.165, 1.54) is 17.3 Å². The molecule has 1 atom stereocenters. The monoisotopic (exact) mass is 409 g/mol. The van der Waals surface area contributed by atoms with Gasteiger partial charge < -0.3 is 14.1 Å². The number of thioether (sulfide) groups is 1. The maximum absolute atomic E-state index is 12.9. The average Bonchev–Trinajstić information content (AvgIpc) is 3.25. The fourth-order valence-electron chi connectivity index (χ4n) is 3.86. The van der Waals surface area contributed by atoms with E-state index in [0.717, 1.165) is 23.1 Å². The highest BCUT2D eigenvalue weighted by atomic mass is 32.2. The molecule has 1 unspecified atom stereocenters. The molecule has 2 aromatic carbocycles. The highest BCUT2D eigenvalue weighted by molar-refractivity contribution is 7.99.